The van der Waals surface area contributed by atoms with Crippen molar-refractivity contribution in [2.45, 2.75) is 30.8 Å². The minimum absolute atomic E-state index is 0.143. The lowest BCUT2D eigenvalue weighted by molar-refractivity contribution is -0.124. The monoisotopic (exact) mass is 571 g/mol. The van der Waals surface area contributed by atoms with Gasteiger partial charge in [-0.2, -0.15) is 5.26 Å². The molecule has 3 aromatic rings. The van der Waals surface area contributed by atoms with Gasteiger partial charge in [-0.05, 0) is 48.7 Å². The summed E-state index contributed by atoms with van der Waals surface area (Å²) in [5, 5.41) is 15.3. The van der Waals surface area contributed by atoms with Gasteiger partial charge in [-0.25, -0.2) is 17.2 Å². The SMILES string of the molecule is N#CC1(NC(=O)[C@H](Cc2c(F)cccc2F)NC(=O)c2ccc(-c3ccccc3Cl)cc2)CCS(=O)(=O)CC1. The van der Waals surface area contributed by atoms with Gasteiger partial charge in [-0.3, -0.25) is 9.59 Å². The van der Waals surface area contributed by atoms with E-state index >= 15 is 0 Å². The number of nitrogens with one attached hydrogen (secondary N) is 2. The first-order valence-corrected chi connectivity index (χ1v) is 14.2. The van der Waals surface area contributed by atoms with Crippen LogP contribution in [0.3, 0.4) is 0 Å². The van der Waals surface area contributed by atoms with Crippen molar-refractivity contribution in [3.8, 4) is 17.2 Å². The van der Waals surface area contributed by atoms with Crippen molar-refractivity contribution in [1.82, 2.24) is 10.6 Å². The number of hydrogen-bond acceptors (Lipinski definition) is 5. The summed E-state index contributed by atoms with van der Waals surface area (Å²) in [5.41, 5.74) is -0.214. The largest absolute Gasteiger partial charge is 0.340 e. The normalized spacial score (nSPS) is 16.5. The third-order valence-electron chi connectivity index (χ3n) is 6.68. The van der Waals surface area contributed by atoms with Crippen LogP contribution in [0.1, 0.15) is 28.8 Å². The molecule has 1 aliphatic heterocycles. The first-order chi connectivity index (χ1) is 18.5. The van der Waals surface area contributed by atoms with Crippen LogP contribution in [0.5, 0.6) is 0 Å². The Morgan fingerprint density at radius 3 is 2.18 bits per heavy atom. The zero-order valence-electron chi connectivity index (χ0n) is 20.6. The molecule has 11 heteroatoms. The fourth-order valence-electron chi connectivity index (χ4n) is 4.35. The summed E-state index contributed by atoms with van der Waals surface area (Å²) in [6, 6.07) is 17.3. The Balaban J connectivity index is 1.58. The lowest BCUT2D eigenvalue weighted by Crippen LogP contribution is -2.58. The van der Waals surface area contributed by atoms with Gasteiger partial charge in [0, 0.05) is 28.1 Å². The molecule has 0 unspecified atom stereocenters. The standard InChI is InChI=1S/C28H24ClF2N3O4S/c29-22-5-2-1-4-20(22)18-8-10-19(11-9-18)26(35)33-25(16-21-23(30)6-3-7-24(21)31)27(36)34-28(17-32)12-14-39(37,38)15-13-28/h1-11,25H,12-16H2,(H,33,35)(H,34,36)/t25-/m0/s1. The van der Waals surface area contributed by atoms with Crippen LogP contribution in [0.25, 0.3) is 11.1 Å². The van der Waals surface area contributed by atoms with Gasteiger partial charge in [0.05, 0.1) is 17.6 Å². The number of nitriles is 1. The number of halogens is 3. The molecule has 202 valence electrons. The van der Waals surface area contributed by atoms with Crippen LogP contribution >= 0.6 is 11.6 Å². The maximum Gasteiger partial charge on any atom is 0.251 e. The number of carbonyl (C=O) groups is 2. The summed E-state index contributed by atoms with van der Waals surface area (Å²) in [7, 11) is -3.34. The molecule has 1 saturated heterocycles. The van der Waals surface area contributed by atoms with E-state index in [1.807, 2.05) is 18.2 Å². The molecule has 1 heterocycles. The van der Waals surface area contributed by atoms with Crippen molar-refractivity contribution in [3.63, 3.8) is 0 Å². The molecule has 2 amide bonds. The van der Waals surface area contributed by atoms with E-state index in [9.17, 15) is 32.0 Å². The van der Waals surface area contributed by atoms with Gasteiger partial charge >= 0.3 is 0 Å². The van der Waals surface area contributed by atoms with Crippen LogP contribution in [0, 0.1) is 23.0 Å². The van der Waals surface area contributed by atoms with E-state index in [0.717, 1.165) is 23.3 Å². The number of carbonyl (C=O) groups excluding carboxylic acids is 2. The predicted molar refractivity (Wildman–Crippen MR) is 143 cm³/mol. The number of hydrogen-bond donors (Lipinski definition) is 2. The molecular formula is C28H24ClF2N3O4S. The number of amides is 2. The number of nitrogens with zero attached hydrogens (tertiary/aromatic N) is 1. The smallest absolute Gasteiger partial charge is 0.251 e. The minimum Gasteiger partial charge on any atom is -0.340 e. The Labute approximate surface area is 229 Å². The van der Waals surface area contributed by atoms with E-state index in [0.29, 0.717) is 5.02 Å². The van der Waals surface area contributed by atoms with E-state index in [2.05, 4.69) is 10.6 Å². The Bertz CT molecular complexity index is 1520. The summed E-state index contributed by atoms with van der Waals surface area (Å²) >= 11 is 6.24. The van der Waals surface area contributed by atoms with Crippen LogP contribution in [0.2, 0.25) is 5.02 Å². The molecule has 0 bridgehead atoms. The second-order valence-corrected chi connectivity index (χ2v) is 12.0. The Morgan fingerprint density at radius 2 is 1.59 bits per heavy atom. The molecule has 2 N–H and O–H groups in total. The van der Waals surface area contributed by atoms with Crippen LogP contribution < -0.4 is 10.6 Å². The minimum atomic E-state index is -3.34. The molecule has 1 fully saturated rings. The van der Waals surface area contributed by atoms with Crippen molar-refractivity contribution in [3.05, 3.63) is 94.5 Å². The van der Waals surface area contributed by atoms with Crippen molar-refractivity contribution in [2.75, 3.05) is 11.5 Å². The van der Waals surface area contributed by atoms with Gasteiger partial charge in [0.2, 0.25) is 5.91 Å². The van der Waals surface area contributed by atoms with Gasteiger partial charge in [-0.1, -0.05) is 48.0 Å². The lowest BCUT2D eigenvalue weighted by atomic mass is 9.93. The van der Waals surface area contributed by atoms with Crippen molar-refractivity contribution < 1.29 is 26.8 Å². The molecule has 0 radical (unpaired) electrons. The van der Waals surface area contributed by atoms with E-state index in [-0.39, 0.29) is 29.9 Å². The van der Waals surface area contributed by atoms with Crippen LogP contribution in [-0.2, 0) is 21.1 Å². The van der Waals surface area contributed by atoms with E-state index in [4.69, 9.17) is 11.6 Å². The number of sulfone groups is 1. The van der Waals surface area contributed by atoms with Gasteiger partial charge in [-0.15, -0.1) is 0 Å². The van der Waals surface area contributed by atoms with Crippen LogP contribution in [0.4, 0.5) is 8.78 Å². The average molecular weight is 572 g/mol. The molecule has 7 nitrogen and oxygen atoms in total. The first-order valence-electron chi connectivity index (χ1n) is 12.0. The zero-order chi connectivity index (χ0) is 28.2. The van der Waals surface area contributed by atoms with Gasteiger partial charge < -0.3 is 10.6 Å². The van der Waals surface area contributed by atoms with E-state index < -0.39 is 56.9 Å². The summed E-state index contributed by atoms with van der Waals surface area (Å²) in [5.74, 6) is -3.93. The average Bonchev–Trinajstić information content (AvgIpc) is 2.92. The summed E-state index contributed by atoms with van der Waals surface area (Å²) in [4.78, 5) is 26.4. The molecule has 1 aliphatic rings. The number of benzene rings is 3. The Morgan fingerprint density at radius 1 is 0.974 bits per heavy atom. The lowest BCUT2D eigenvalue weighted by Gasteiger charge is -2.33. The summed E-state index contributed by atoms with van der Waals surface area (Å²) < 4.78 is 52.6. The van der Waals surface area contributed by atoms with Gasteiger partial charge in [0.25, 0.3) is 5.91 Å². The summed E-state index contributed by atoms with van der Waals surface area (Å²) in [6.45, 7) is 0. The second-order valence-electron chi connectivity index (χ2n) is 9.32. The van der Waals surface area contributed by atoms with E-state index in [1.165, 1.54) is 18.2 Å². The molecule has 0 saturated carbocycles. The molecule has 1 atom stereocenters. The maximum absolute atomic E-state index is 14.4. The predicted octanol–water partition coefficient (Wildman–Crippen LogP) is 4.21. The fourth-order valence-corrected chi connectivity index (χ4v) is 6.12. The molecule has 4 rings (SSSR count). The molecular weight excluding hydrogens is 548 g/mol. The first kappa shape index (κ1) is 28.2. The molecule has 0 aromatic heterocycles. The van der Waals surface area contributed by atoms with Crippen LogP contribution in [-0.4, -0.2) is 43.3 Å². The van der Waals surface area contributed by atoms with Gasteiger partial charge in [0.15, 0.2) is 9.84 Å². The van der Waals surface area contributed by atoms with E-state index in [1.54, 1.807) is 24.3 Å². The highest BCUT2D eigenvalue weighted by atomic mass is 35.5. The number of rotatable bonds is 7. The molecule has 39 heavy (non-hydrogen) atoms. The highest BCUT2D eigenvalue weighted by molar-refractivity contribution is 7.91. The van der Waals surface area contributed by atoms with Crippen molar-refractivity contribution >= 4 is 33.3 Å². The fraction of sp³-hybridized carbons (Fsp3) is 0.250. The van der Waals surface area contributed by atoms with Crippen molar-refractivity contribution in [2.24, 2.45) is 0 Å². The van der Waals surface area contributed by atoms with Crippen LogP contribution in [0.15, 0.2) is 66.7 Å². The topological polar surface area (TPSA) is 116 Å². The quantitative estimate of drug-likeness (QED) is 0.441. The maximum atomic E-state index is 14.4. The third-order valence-corrected chi connectivity index (χ3v) is 8.66. The second kappa shape index (κ2) is 11.5. The summed E-state index contributed by atoms with van der Waals surface area (Å²) in [6.07, 6.45) is -0.820. The zero-order valence-corrected chi connectivity index (χ0v) is 22.2. The molecule has 0 aliphatic carbocycles. The Kier molecular flexibility index (Phi) is 8.33. The Hall–Kier alpha value is -3.81. The van der Waals surface area contributed by atoms with Crippen molar-refractivity contribution in [1.29, 1.82) is 5.26 Å². The molecule has 0 spiro atoms. The third kappa shape index (κ3) is 6.61. The highest BCUT2D eigenvalue weighted by Gasteiger charge is 2.40. The molecule has 3 aromatic carbocycles. The highest BCUT2D eigenvalue weighted by Crippen LogP contribution is 2.28. The van der Waals surface area contributed by atoms with Gasteiger partial charge in [0.1, 0.15) is 23.2 Å².